The van der Waals surface area contributed by atoms with Gasteiger partial charge in [0.1, 0.15) is 5.82 Å². The standard InChI is InChI=1S/C28H23FN4O/c1-19-25(18-31-33(19)22-13-11-21(29)12-14-22)27-17-24(23-9-5-6-10-26(23)32-27)28(34)30-16-15-20-7-3-2-4-8-20/h2-14,17-18H,15-16H2,1H3,(H,30,34). The number of pyridine rings is 1. The molecule has 0 aliphatic carbocycles. The van der Waals surface area contributed by atoms with Crippen molar-refractivity contribution < 1.29 is 9.18 Å². The molecule has 0 unspecified atom stereocenters. The first kappa shape index (κ1) is 21.5. The van der Waals surface area contributed by atoms with Gasteiger partial charge in [-0.25, -0.2) is 14.1 Å². The summed E-state index contributed by atoms with van der Waals surface area (Å²) in [6, 6.07) is 25.7. The Morgan fingerprint density at radius 1 is 0.971 bits per heavy atom. The van der Waals surface area contributed by atoms with Crippen molar-refractivity contribution in [2.45, 2.75) is 13.3 Å². The number of halogens is 1. The van der Waals surface area contributed by atoms with E-state index in [0.717, 1.165) is 34.3 Å². The molecule has 0 aliphatic heterocycles. The summed E-state index contributed by atoms with van der Waals surface area (Å²) in [5.74, 6) is -0.438. The molecule has 0 saturated carbocycles. The molecule has 2 aromatic heterocycles. The Bertz CT molecular complexity index is 1460. The van der Waals surface area contributed by atoms with Crippen molar-refractivity contribution in [3.05, 3.63) is 114 Å². The van der Waals surface area contributed by atoms with E-state index in [-0.39, 0.29) is 11.7 Å². The van der Waals surface area contributed by atoms with Gasteiger partial charge < -0.3 is 5.32 Å². The first-order valence-corrected chi connectivity index (χ1v) is 11.1. The van der Waals surface area contributed by atoms with Crippen LogP contribution < -0.4 is 5.32 Å². The van der Waals surface area contributed by atoms with Gasteiger partial charge in [-0.15, -0.1) is 0 Å². The van der Waals surface area contributed by atoms with Crippen LogP contribution in [0.5, 0.6) is 0 Å². The summed E-state index contributed by atoms with van der Waals surface area (Å²) in [6.45, 7) is 2.47. The lowest BCUT2D eigenvalue weighted by Crippen LogP contribution is -2.26. The molecule has 0 fully saturated rings. The van der Waals surface area contributed by atoms with Crippen LogP contribution in [0.2, 0.25) is 0 Å². The van der Waals surface area contributed by atoms with Crippen molar-refractivity contribution in [3.8, 4) is 16.9 Å². The second-order valence-electron chi connectivity index (χ2n) is 8.10. The number of fused-ring (bicyclic) bond motifs is 1. The topological polar surface area (TPSA) is 59.8 Å². The predicted molar refractivity (Wildman–Crippen MR) is 131 cm³/mol. The summed E-state index contributed by atoms with van der Waals surface area (Å²) < 4.78 is 15.1. The van der Waals surface area contributed by atoms with Gasteiger partial charge in [0, 0.05) is 17.5 Å². The molecule has 3 aromatic carbocycles. The molecule has 0 aliphatic rings. The number of nitrogens with one attached hydrogen (secondary N) is 1. The number of amides is 1. The Kier molecular flexibility index (Phi) is 5.87. The molecule has 1 N–H and O–H groups in total. The Morgan fingerprint density at radius 2 is 1.71 bits per heavy atom. The third-order valence-electron chi connectivity index (χ3n) is 5.86. The fourth-order valence-electron chi connectivity index (χ4n) is 4.07. The molecule has 0 bridgehead atoms. The number of benzene rings is 3. The van der Waals surface area contributed by atoms with Gasteiger partial charge in [0.25, 0.3) is 5.91 Å². The number of hydrogen-bond donors (Lipinski definition) is 1. The van der Waals surface area contributed by atoms with E-state index in [0.29, 0.717) is 17.8 Å². The van der Waals surface area contributed by atoms with Gasteiger partial charge >= 0.3 is 0 Å². The molecule has 168 valence electrons. The van der Waals surface area contributed by atoms with Crippen molar-refractivity contribution in [1.82, 2.24) is 20.1 Å². The summed E-state index contributed by atoms with van der Waals surface area (Å²) >= 11 is 0. The maximum absolute atomic E-state index is 13.3. The van der Waals surface area contributed by atoms with E-state index >= 15 is 0 Å². The molecule has 0 radical (unpaired) electrons. The average molecular weight is 451 g/mol. The quantitative estimate of drug-likeness (QED) is 0.371. The fraction of sp³-hybridized carbons (Fsp3) is 0.107. The first-order valence-electron chi connectivity index (χ1n) is 11.1. The van der Waals surface area contributed by atoms with Crippen LogP contribution in [0, 0.1) is 12.7 Å². The highest BCUT2D eigenvalue weighted by Gasteiger charge is 2.17. The molecule has 0 spiro atoms. The Labute approximate surface area is 196 Å². The molecule has 6 heteroatoms. The molecule has 1 amide bonds. The van der Waals surface area contributed by atoms with Crippen LogP contribution in [0.3, 0.4) is 0 Å². The van der Waals surface area contributed by atoms with Gasteiger partial charge in [0.2, 0.25) is 0 Å². The van der Waals surface area contributed by atoms with Crippen molar-refractivity contribution in [2.24, 2.45) is 0 Å². The van der Waals surface area contributed by atoms with Crippen LogP contribution >= 0.6 is 0 Å². The first-order chi connectivity index (χ1) is 16.6. The molecule has 0 saturated heterocycles. The molecule has 5 aromatic rings. The summed E-state index contributed by atoms with van der Waals surface area (Å²) in [5.41, 5.74) is 5.57. The minimum atomic E-state index is -0.298. The van der Waals surface area contributed by atoms with E-state index in [4.69, 9.17) is 4.98 Å². The average Bonchev–Trinajstić information content (AvgIpc) is 3.25. The molecule has 5 rings (SSSR count). The van der Waals surface area contributed by atoms with Crippen LogP contribution in [-0.4, -0.2) is 27.2 Å². The minimum Gasteiger partial charge on any atom is -0.352 e. The molecule has 0 atom stereocenters. The summed E-state index contributed by atoms with van der Waals surface area (Å²) in [5, 5.41) is 8.33. The number of rotatable bonds is 6. The summed E-state index contributed by atoms with van der Waals surface area (Å²) in [7, 11) is 0. The van der Waals surface area contributed by atoms with Gasteiger partial charge in [-0.2, -0.15) is 5.10 Å². The fourth-order valence-corrected chi connectivity index (χ4v) is 4.07. The number of nitrogens with zero attached hydrogens (tertiary/aromatic N) is 3. The minimum absolute atomic E-state index is 0.139. The number of carbonyl (C=O) groups excluding carboxylic acids is 1. The summed E-state index contributed by atoms with van der Waals surface area (Å²) in [6.07, 6.45) is 2.49. The normalized spacial score (nSPS) is 11.0. The third-order valence-corrected chi connectivity index (χ3v) is 5.86. The molecule has 2 heterocycles. The van der Waals surface area contributed by atoms with Crippen LogP contribution in [0.4, 0.5) is 4.39 Å². The highest BCUT2D eigenvalue weighted by Crippen LogP contribution is 2.28. The number of aromatic nitrogens is 3. The van der Waals surface area contributed by atoms with E-state index in [2.05, 4.69) is 10.4 Å². The Balaban J connectivity index is 1.47. The second kappa shape index (κ2) is 9.27. The van der Waals surface area contributed by atoms with Gasteiger partial charge in [0.15, 0.2) is 0 Å². The SMILES string of the molecule is Cc1c(-c2cc(C(=O)NCCc3ccccc3)c3ccccc3n2)cnn1-c1ccc(F)cc1. The Hall–Kier alpha value is -4.32. The van der Waals surface area contributed by atoms with Crippen molar-refractivity contribution in [2.75, 3.05) is 6.54 Å². The maximum atomic E-state index is 13.3. The van der Waals surface area contributed by atoms with Gasteiger partial charge in [-0.1, -0.05) is 48.5 Å². The zero-order chi connectivity index (χ0) is 23.5. The number of carbonyl (C=O) groups is 1. The predicted octanol–water partition coefficient (Wildman–Crippen LogP) is 5.51. The van der Waals surface area contributed by atoms with E-state index in [1.165, 1.54) is 17.7 Å². The van der Waals surface area contributed by atoms with E-state index in [1.54, 1.807) is 23.0 Å². The lowest BCUT2D eigenvalue weighted by molar-refractivity contribution is 0.0955. The maximum Gasteiger partial charge on any atom is 0.252 e. The van der Waals surface area contributed by atoms with Crippen LogP contribution in [-0.2, 0) is 6.42 Å². The van der Waals surface area contributed by atoms with Gasteiger partial charge in [-0.3, -0.25) is 4.79 Å². The molecule has 5 nitrogen and oxygen atoms in total. The largest absolute Gasteiger partial charge is 0.352 e. The van der Waals surface area contributed by atoms with Crippen LogP contribution in [0.25, 0.3) is 27.8 Å². The molecular weight excluding hydrogens is 427 g/mol. The number of hydrogen-bond acceptors (Lipinski definition) is 3. The van der Waals surface area contributed by atoms with Crippen LogP contribution in [0.1, 0.15) is 21.6 Å². The molecular formula is C28H23FN4O. The van der Waals surface area contributed by atoms with Crippen molar-refractivity contribution in [1.29, 1.82) is 0 Å². The van der Waals surface area contributed by atoms with E-state index in [1.807, 2.05) is 67.6 Å². The lowest BCUT2D eigenvalue weighted by atomic mass is 10.0. The van der Waals surface area contributed by atoms with Gasteiger partial charge in [0.05, 0.1) is 34.4 Å². The smallest absolute Gasteiger partial charge is 0.252 e. The van der Waals surface area contributed by atoms with E-state index < -0.39 is 0 Å². The third kappa shape index (κ3) is 4.30. The van der Waals surface area contributed by atoms with Crippen LogP contribution in [0.15, 0.2) is 91.1 Å². The monoisotopic (exact) mass is 450 g/mol. The van der Waals surface area contributed by atoms with Crippen molar-refractivity contribution in [3.63, 3.8) is 0 Å². The molecule has 34 heavy (non-hydrogen) atoms. The lowest BCUT2D eigenvalue weighted by Gasteiger charge is -2.11. The zero-order valence-corrected chi connectivity index (χ0v) is 18.7. The van der Waals surface area contributed by atoms with Crippen molar-refractivity contribution >= 4 is 16.8 Å². The second-order valence-corrected chi connectivity index (χ2v) is 8.10. The summed E-state index contributed by atoms with van der Waals surface area (Å²) in [4.78, 5) is 18.0. The highest BCUT2D eigenvalue weighted by molar-refractivity contribution is 6.07. The van der Waals surface area contributed by atoms with E-state index in [9.17, 15) is 9.18 Å². The zero-order valence-electron chi connectivity index (χ0n) is 18.7. The highest BCUT2D eigenvalue weighted by atomic mass is 19.1. The number of para-hydroxylation sites is 1. The van der Waals surface area contributed by atoms with Gasteiger partial charge in [-0.05, 0) is 55.3 Å². The Morgan fingerprint density at radius 3 is 2.50 bits per heavy atom.